The summed E-state index contributed by atoms with van der Waals surface area (Å²) in [5.74, 6) is 0.462. The number of nitrogens with one attached hydrogen (secondary N) is 2. The Morgan fingerprint density at radius 3 is 2.50 bits per heavy atom. The van der Waals surface area contributed by atoms with Crippen molar-refractivity contribution >= 4 is 16.9 Å². The quantitative estimate of drug-likeness (QED) is 0.594. The summed E-state index contributed by atoms with van der Waals surface area (Å²) in [6.45, 7) is 1.74. The average Bonchev–Trinajstić information content (AvgIpc) is 3.24. The van der Waals surface area contributed by atoms with Crippen LogP contribution in [0.3, 0.4) is 0 Å². The Morgan fingerprint density at radius 1 is 1.08 bits per heavy atom. The number of rotatable bonds is 4. The number of hydrogen-bond donors (Lipinski definition) is 2. The van der Waals surface area contributed by atoms with Crippen LogP contribution < -0.4 is 5.32 Å². The number of benzene rings is 2. The third kappa shape index (κ3) is 2.73. The van der Waals surface area contributed by atoms with E-state index in [9.17, 15) is 4.79 Å². The first kappa shape index (κ1) is 16.0. The highest BCUT2D eigenvalue weighted by Crippen LogP contribution is 2.25. The van der Waals surface area contributed by atoms with Crippen LogP contribution in [0.5, 0.6) is 0 Å². The molecule has 0 radical (unpaired) electrons. The Hall–Kier alpha value is -3.48. The number of aryl methyl sites for hydroxylation is 2. The highest BCUT2D eigenvalue weighted by molar-refractivity contribution is 5.93. The van der Waals surface area contributed by atoms with Crippen molar-refractivity contribution in [1.29, 1.82) is 0 Å². The van der Waals surface area contributed by atoms with E-state index in [1.165, 1.54) is 0 Å². The second kappa shape index (κ2) is 6.44. The maximum absolute atomic E-state index is 12.7. The number of fused-ring (bicyclic) bond motifs is 1. The van der Waals surface area contributed by atoms with Crippen molar-refractivity contribution < 1.29 is 4.79 Å². The standard InChI is InChI=1S/C19H18N6O/c1-12-16(23-24-22-12)19(26)21-17(13-8-4-3-5-9-13)18-20-14-10-6-7-11-15(14)25(18)2/h3-11,17H,1-2H3,(H,21,26)(H,22,23,24)/t17-/m0/s1. The molecule has 2 aromatic carbocycles. The Kier molecular flexibility index (Phi) is 3.96. The van der Waals surface area contributed by atoms with Gasteiger partial charge in [-0.05, 0) is 24.6 Å². The molecule has 7 heteroatoms. The SMILES string of the molecule is Cc1n[nH]nc1C(=O)N[C@@H](c1ccccc1)c1nc2ccccc2n1C. The van der Waals surface area contributed by atoms with Gasteiger partial charge in [0.05, 0.1) is 16.7 Å². The Labute approximate surface area is 150 Å². The molecule has 2 aromatic heterocycles. The number of H-pyrrole nitrogens is 1. The van der Waals surface area contributed by atoms with Gasteiger partial charge in [-0.2, -0.15) is 15.4 Å². The minimum Gasteiger partial charge on any atom is -0.337 e. The molecule has 0 bridgehead atoms. The smallest absolute Gasteiger partial charge is 0.274 e. The van der Waals surface area contributed by atoms with Gasteiger partial charge in [-0.15, -0.1) is 0 Å². The summed E-state index contributed by atoms with van der Waals surface area (Å²) in [6.07, 6.45) is 0. The molecule has 0 aliphatic heterocycles. The van der Waals surface area contributed by atoms with Crippen LogP contribution >= 0.6 is 0 Å². The van der Waals surface area contributed by atoms with Crippen LogP contribution in [0.4, 0.5) is 0 Å². The van der Waals surface area contributed by atoms with Crippen molar-refractivity contribution in [2.24, 2.45) is 7.05 Å². The Balaban J connectivity index is 1.79. The first-order chi connectivity index (χ1) is 12.6. The highest BCUT2D eigenvalue weighted by atomic mass is 16.2. The zero-order valence-corrected chi connectivity index (χ0v) is 14.5. The monoisotopic (exact) mass is 346 g/mol. The first-order valence-corrected chi connectivity index (χ1v) is 8.29. The molecule has 0 fully saturated rings. The maximum Gasteiger partial charge on any atom is 0.274 e. The summed E-state index contributed by atoms with van der Waals surface area (Å²) < 4.78 is 2.00. The van der Waals surface area contributed by atoms with Gasteiger partial charge in [-0.25, -0.2) is 4.98 Å². The number of aromatic amines is 1. The van der Waals surface area contributed by atoms with Gasteiger partial charge in [0.25, 0.3) is 5.91 Å². The second-order valence-electron chi connectivity index (χ2n) is 6.09. The Morgan fingerprint density at radius 2 is 1.81 bits per heavy atom. The van der Waals surface area contributed by atoms with Crippen molar-refractivity contribution in [3.63, 3.8) is 0 Å². The number of para-hydroxylation sites is 2. The Bertz CT molecular complexity index is 1070. The van der Waals surface area contributed by atoms with Crippen LogP contribution in [0.1, 0.15) is 33.6 Å². The largest absolute Gasteiger partial charge is 0.337 e. The van der Waals surface area contributed by atoms with Crippen molar-refractivity contribution in [3.05, 3.63) is 77.4 Å². The third-order valence-corrected chi connectivity index (χ3v) is 4.43. The van der Waals surface area contributed by atoms with E-state index in [4.69, 9.17) is 4.98 Å². The van der Waals surface area contributed by atoms with E-state index in [0.29, 0.717) is 5.69 Å². The number of carbonyl (C=O) groups is 1. The summed E-state index contributed by atoms with van der Waals surface area (Å²) in [7, 11) is 1.95. The predicted octanol–water partition coefficient (Wildman–Crippen LogP) is 2.52. The normalized spacial score (nSPS) is 12.2. The fourth-order valence-corrected chi connectivity index (χ4v) is 3.06. The van der Waals surface area contributed by atoms with Gasteiger partial charge in [0, 0.05) is 7.05 Å². The summed E-state index contributed by atoms with van der Waals surface area (Å²) in [4.78, 5) is 17.5. The highest BCUT2D eigenvalue weighted by Gasteiger charge is 2.25. The van der Waals surface area contributed by atoms with Crippen LogP contribution in [-0.4, -0.2) is 30.9 Å². The van der Waals surface area contributed by atoms with E-state index in [0.717, 1.165) is 22.4 Å². The zero-order valence-electron chi connectivity index (χ0n) is 14.5. The molecule has 0 unspecified atom stereocenters. The lowest BCUT2D eigenvalue weighted by atomic mass is 10.1. The van der Waals surface area contributed by atoms with E-state index < -0.39 is 6.04 Å². The number of hydrogen-bond acceptors (Lipinski definition) is 4. The van der Waals surface area contributed by atoms with Crippen molar-refractivity contribution in [1.82, 2.24) is 30.3 Å². The van der Waals surface area contributed by atoms with E-state index in [-0.39, 0.29) is 11.6 Å². The molecule has 0 saturated carbocycles. The molecule has 2 heterocycles. The molecule has 0 aliphatic rings. The molecule has 7 nitrogen and oxygen atoms in total. The predicted molar refractivity (Wildman–Crippen MR) is 97.6 cm³/mol. The molecule has 0 saturated heterocycles. The van der Waals surface area contributed by atoms with Gasteiger partial charge in [0.15, 0.2) is 5.69 Å². The number of carbonyl (C=O) groups excluding carboxylic acids is 1. The second-order valence-corrected chi connectivity index (χ2v) is 6.09. The summed E-state index contributed by atoms with van der Waals surface area (Å²) in [5, 5.41) is 13.4. The van der Waals surface area contributed by atoms with Gasteiger partial charge in [0.2, 0.25) is 0 Å². The van der Waals surface area contributed by atoms with E-state index >= 15 is 0 Å². The van der Waals surface area contributed by atoms with Gasteiger partial charge < -0.3 is 9.88 Å². The lowest BCUT2D eigenvalue weighted by Gasteiger charge is -2.18. The molecule has 130 valence electrons. The average molecular weight is 346 g/mol. The van der Waals surface area contributed by atoms with Gasteiger partial charge in [-0.1, -0.05) is 42.5 Å². The minimum absolute atomic E-state index is 0.282. The number of nitrogens with zero attached hydrogens (tertiary/aromatic N) is 4. The van der Waals surface area contributed by atoms with Crippen LogP contribution in [0.15, 0.2) is 54.6 Å². The lowest BCUT2D eigenvalue weighted by Crippen LogP contribution is -2.31. The summed E-state index contributed by atoms with van der Waals surface area (Å²) in [6, 6.07) is 17.3. The van der Waals surface area contributed by atoms with Gasteiger partial charge in [0.1, 0.15) is 11.9 Å². The molecule has 1 atom stereocenters. The van der Waals surface area contributed by atoms with Crippen LogP contribution in [0.25, 0.3) is 11.0 Å². The third-order valence-electron chi connectivity index (χ3n) is 4.43. The van der Waals surface area contributed by atoms with Crippen molar-refractivity contribution in [2.75, 3.05) is 0 Å². The van der Waals surface area contributed by atoms with Crippen LogP contribution in [0.2, 0.25) is 0 Å². The summed E-state index contributed by atoms with van der Waals surface area (Å²) >= 11 is 0. The molecule has 4 rings (SSSR count). The molecule has 1 amide bonds. The molecule has 0 aliphatic carbocycles. The number of aromatic nitrogens is 5. The van der Waals surface area contributed by atoms with Crippen molar-refractivity contribution in [3.8, 4) is 0 Å². The van der Waals surface area contributed by atoms with Gasteiger partial charge >= 0.3 is 0 Å². The molecular formula is C19H18N6O. The fourth-order valence-electron chi connectivity index (χ4n) is 3.06. The molecule has 4 aromatic rings. The first-order valence-electron chi connectivity index (χ1n) is 8.29. The van der Waals surface area contributed by atoms with Crippen molar-refractivity contribution in [2.45, 2.75) is 13.0 Å². The topological polar surface area (TPSA) is 88.5 Å². The summed E-state index contributed by atoms with van der Waals surface area (Å²) in [5.41, 5.74) is 3.68. The lowest BCUT2D eigenvalue weighted by molar-refractivity contribution is 0.0935. The van der Waals surface area contributed by atoms with E-state index in [1.807, 2.05) is 66.2 Å². The number of amides is 1. The van der Waals surface area contributed by atoms with E-state index in [1.54, 1.807) is 6.92 Å². The maximum atomic E-state index is 12.7. The number of imidazole rings is 1. The van der Waals surface area contributed by atoms with Crippen LogP contribution in [-0.2, 0) is 7.05 Å². The van der Waals surface area contributed by atoms with Gasteiger partial charge in [-0.3, -0.25) is 4.79 Å². The molecule has 0 spiro atoms. The minimum atomic E-state index is -0.405. The molecule has 2 N–H and O–H groups in total. The van der Waals surface area contributed by atoms with Crippen LogP contribution in [0, 0.1) is 6.92 Å². The fraction of sp³-hybridized carbons (Fsp3) is 0.158. The van der Waals surface area contributed by atoms with E-state index in [2.05, 4.69) is 20.7 Å². The molecular weight excluding hydrogens is 328 g/mol. The molecule has 26 heavy (non-hydrogen) atoms. The zero-order chi connectivity index (χ0) is 18.1.